The van der Waals surface area contributed by atoms with E-state index in [1.807, 2.05) is 6.07 Å². The average Bonchev–Trinajstić information content (AvgIpc) is 3.09. The zero-order valence-electron chi connectivity index (χ0n) is 14.3. The first-order valence-corrected chi connectivity index (χ1v) is 10.6. The van der Waals surface area contributed by atoms with Gasteiger partial charge < -0.3 is 15.4 Å². The van der Waals surface area contributed by atoms with Crippen LogP contribution in [0.1, 0.15) is 16.6 Å². The Morgan fingerprint density at radius 3 is 2.62 bits per heavy atom. The molecular formula is C17H18N2O5S2. The standard InChI is InChI=1S/C17H18N2O5S2/c1-10(26(2,22)23)17(21)19-7-8-24-13-4-3-11(9-12(13)19)14-5-6-15(25-14)16(18)20/h3-6,9-10H,7-8H2,1-2H3,(H2,18,20). The molecule has 0 radical (unpaired) electrons. The molecule has 2 N–H and O–H groups in total. The van der Waals surface area contributed by atoms with Crippen molar-refractivity contribution in [2.24, 2.45) is 5.73 Å². The molecule has 26 heavy (non-hydrogen) atoms. The number of rotatable bonds is 4. The second kappa shape index (κ2) is 6.73. The highest BCUT2D eigenvalue weighted by molar-refractivity contribution is 7.92. The maximum atomic E-state index is 12.7. The Hall–Kier alpha value is -2.39. The number of fused-ring (bicyclic) bond motifs is 1. The highest BCUT2D eigenvalue weighted by Crippen LogP contribution is 2.38. The number of ether oxygens (including phenoxy) is 1. The molecule has 0 saturated carbocycles. The summed E-state index contributed by atoms with van der Waals surface area (Å²) in [5.74, 6) is -0.472. The highest BCUT2D eigenvalue weighted by Gasteiger charge is 2.32. The summed E-state index contributed by atoms with van der Waals surface area (Å²) in [5, 5.41) is -1.14. The first-order valence-electron chi connectivity index (χ1n) is 7.85. The van der Waals surface area contributed by atoms with Gasteiger partial charge in [0, 0.05) is 11.1 Å². The number of amides is 2. The van der Waals surface area contributed by atoms with E-state index in [0.717, 1.165) is 16.7 Å². The predicted octanol–water partition coefficient (Wildman–Crippen LogP) is 1.67. The molecule has 1 aromatic heterocycles. The molecule has 0 spiro atoms. The molecule has 2 aromatic rings. The van der Waals surface area contributed by atoms with Crippen molar-refractivity contribution < 1.29 is 22.7 Å². The number of nitrogens with two attached hydrogens (primary N) is 1. The molecule has 2 heterocycles. The number of carbonyl (C=O) groups excluding carboxylic acids is 2. The quantitative estimate of drug-likeness (QED) is 0.849. The second-order valence-corrected chi connectivity index (χ2v) is 9.47. The molecule has 7 nitrogen and oxygen atoms in total. The summed E-state index contributed by atoms with van der Waals surface area (Å²) in [5.41, 5.74) is 6.60. The molecule has 1 aromatic carbocycles. The van der Waals surface area contributed by atoms with E-state index in [2.05, 4.69) is 0 Å². The van der Waals surface area contributed by atoms with Gasteiger partial charge in [-0.1, -0.05) is 0 Å². The van der Waals surface area contributed by atoms with Crippen molar-refractivity contribution in [3.8, 4) is 16.2 Å². The fourth-order valence-corrected chi connectivity index (χ4v) is 3.98. The van der Waals surface area contributed by atoms with Crippen LogP contribution in [0, 0.1) is 0 Å². The number of benzene rings is 1. The first-order chi connectivity index (χ1) is 12.2. The van der Waals surface area contributed by atoms with Crippen molar-refractivity contribution in [3.05, 3.63) is 35.2 Å². The third-order valence-corrected chi connectivity index (χ3v) is 6.85. The maximum Gasteiger partial charge on any atom is 0.258 e. The van der Waals surface area contributed by atoms with Gasteiger partial charge in [-0.05, 0) is 42.8 Å². The van der Waals surface area contributed by atoms with Gasteiger partial charge in [0.05, 0.1) is 17.1 Å². The topological polar surface area (TPSA) is 107 Å². The molecule has 0 saturated heterocycles. The van der Waals surface area contributed by atoms with Crippen molar-refractivity contribution in [1.29, 1.82) is 0 Å². The summed E-state index contributed by atoms with van der Waals surface area (Å²) in [4.78, 5) is 26.7. The summed E-state index contributed by atoms with van der Waals surface area (Å²) in [7, 11) is -3.50. The fraction of sp³-hybridized carbons (Fsp3) is 0.294. The maximum absolute atomic E-state index is 12.7. The Bertz CT molecular complexity index is 981. The largest absolute Gasteiger partial charge is 0.490 e. The molecule has 2 amide bonds. The molecule has 138 valence electrons. The molecule has 0 aliphatic carbocycles. The Kier molecular flexibility index (Phi) is 4.76. The van der Waals surface area contributed by atoms with Crippen molar-refractivity contribution >= 4 is 38.7 Å². The van der Waals surface area contributed by atoms with Crippen LogP contribution in [0.25, 0.3) is 10.4 Å². The number of carbonyl (C=O) groups is 2. The summed E-state index contributed by atoms with van der Waals surface area (Å²) in [6, 6.07) is 8.74. The van der Waals surface area contributed by atoms with Crippen LogP contribution in [0.4, 0.5) is 5.69 Å². The van der Waals surface area contributed by atoms with Crippen molar-refractivity contribution in [3.63, 3.8) is 0 Å². The SMILES string of the molecule is CC(C(=O)N1CCOc2ccc(-c3ccc(C(N)=O)s3)cc21)S(C)(=O)=O. The molecule has 0 fully saturated rings. The lowest BCUT2D eigenvalue weighted by molar-refractivity contribution is -0.118. The highest BCUT2D eigenvalue weighted by atomic mass is 32.2. The molecule has 1 aliphatic rings. The van der Waals surface area contributed by atoms with Gasteiger partial charge in [-0.15, -0.1) is 11.3 Å². The van der Waals surface area contributed by atoms with E-state index in [4.69, 9.17) is 10.5 Å². The molecule has 1 unspecified atom stereocenters. The van der Waals surface area contributed by atoms with E-state index in [-0.39, 0.29) is 6.54 Å². The zero-order chi connectivity index (χ0) is 19.1. The zero-order valence-corrected chi connectivity index (χ0v) is 15.9. The minimum absolute atomic E-state index is 0.270. The van der Waals surface area contributed by atoms with Crippen LogP contribution >= 0.6 is 11.3 Å². The lowest BCUT2D eigenvalue weighted by Crippen LogP contribution is -2.45. The van der Waals surface area contributed by atoms with Crippen LogP contribution in [0.5, 0.6) is 5.75 Å². The average molecular weight is 394 g/mol. The molecule has 9 heteroatoms. The summed E-state index contributed by atoms with van der Waals surface area (Å²) in [6.45, 7) is 1.95. The Labute approximate surface area is 155 Å². The number of hydrogen-bond acceptors (Lipinski definition) is 6. The van der Waals surface area contributed by atoms with Crippen molar-refractivity contribution in [2.45, 2.75) is 12.2 Å². The van der Waals surface area contributed by atoms with Crippen molar-refractivity contribution in [2.75, 3.05) is 24.3 Å². The van der Waals surface area contributed by atoms with Gasteiger partial charge in [0.15, 0.2) is 9.84 Å². The van der Waals surface area contributed by atoms with Gasteiger partial charge in [-0.3, -0.25) is 9.59 Å². The number of thiophene rings is 1. The Morgan fingerprint density at radius 1 is 1.27 bits per heavy atom. The molecule has 0 bridgehead atoms. The number of hydrogen-bond donors (Lipinski definition) is 1. The Morgan fingerprint density at radius 2 is 2.00 bits per heavy atom. The number of primary amides is 1. The number of nitrogens with zero attached hydrogens (tertiary/aromatic N) is 1. The second-order valence-electron chi connectivity index (χ2n) is 6.02. The smallest absolute Gasteiger partial charge is 0.258 e. The fourth-order valence-electron chi connectivity index (χ4n) is 2.63. The summed E-state index contributed by atoms with van der Waals surface area (Å²) < 4.78 is 29.1. The third-order valence-electron chi connectivity index (χ3n) is 4.21. The Balaban J connectivity index is 2.00. The van der Waals surface area contributed by atoms with Gasteiger partial charge in [0.2, 0.25) is 5.91 Å². The van der Waals surface area contributed by atoms with Gasteiger partial charge in [-0.2, -0.15) is 0 Å². The molecule has 3 rings (SSSR count). The van der Waals surface area contributed by atoms with E-state index < -0.39 is 26.9 Å². The van der Waals surface area contributed by atoms with Gasteiger partial charge in [0.25, 0.3) is 5.91 Å². The van der Waals surface area contributed by atoms with E-state index >= 15 is 0 Å². The lowest BCUT2D eigenvalue weighted by atomic mass is 10.1. The van der Waals surface area contributed by atoms with E-state index in [1.54, 1.807) is 24.3 Å². The minimum atomic E-state index is -3.50. The number of anilines is 1. The first kappa shape index (κ1) is 18.4. The van der Waals surface area contributed by atoms with E-state index in [0.29, 0.717) is 22.9 Å². The van der Waals surface area contributed by atoms with Crippen LogP contribution < -0.4 is 15.4 Å². The van der Waals surface area contributed by atoms with Crippen LogP contribution in [0.15, 0.2) is 30.3 Å². The monoisotopic (exact) mass is 394 g/mol. The number of sulfone groups is 1. The van der Waals surface area contributed by atoms with E-state index in [1.165, 1.54) is 23.2 Å². The predicted molar refractivity (Wildman–Crippen MR) is 100 cm³/mol. The van der Waals surface area contributed by atoms with Gasteiger partial charge >= 0.3 is 0 Å². The van der Waals surface area contributed by atoms with Crippen molar-refractivity contribution in [1.82, 2.24) is 0 Å². The van der Waals surface area contributed by atoms with Crippen LogP contribution in [0.3, 0.4) is 0 Å². The van der Waals surface area contributed by atoms with Gasteiger partial charge in [0.1, 0.15) is 17.6 Å². The van der Waals surface area contributed by atoms with Crippen LogP contribution in [0.2, 0.25) is 0 Å². The third kappa shape index (κ3) is 3.45. The molecule has 1 aliphatic heterocycles. The molecule has 1 atom stereocenters. The summed E-state index contributed by atoms with van der Waals surface area (Å²) >= 11 is 1.25. The van der Waals surface area contributed by atoms with Crippen LogP contribution in [-0.2, 0) is 14.6 Å². The molecular weight excluding hydrogens is 376 g/mol. The normalized spacial score (nSPS) is 15.1. The summed E-state index contributed by atoms with van der Waals surface area (Å²) in [6.07, 6.45) is 1.05. The lowest BCUT2D eigenvalue weighted by Gasteiger charge is -2.31. The van der Waals surface area contributed by atoms with Crippen LogP contribution in [-0.4, -0.2) is 44.9 Å². The van der Waals surface area contributed by atoms with E-state index in [9.17, 15) is 18.0 Å². The minimum Gasteiger partial charge on any atom is -0.490 e. The van der Waals surface area contributed by atoms with Gasteiger partial charge in [-0.25, -0.2) is 8.42 Å².